The molecule has 0 bridgehead atoms. The van der Waals surface area contributed by atoms with Gasteiger partial charge in [0.05, 0.1) is 29.4 Å². The van der Waals surface area contributed by atoms with Crippen LogP contribution in [0.4, 0.5) is 5.82 Å². The van der Waals surface area contributed by atoms with Crippen molar-refractivity contribution in [3.8, 4) is 11.5 Å². The number of esters is 1. The Hall–Kier alpha value is -2.07. The lowest BCUT2D eigenvalue weighted by atomic mass is 10.2. The van der Waals surface area contributed by atoms with Gasteiger partial charge >= 0.3 is 5.97 Å². The molecule has 8 nitrogen and oxygen atoms in total. The molecule has 26 heavy (non-hydrogen) atoms. The summed E-state index contributed by atoms with van der Waals surface area (Å²) in [5, 5.41) is 6.78. The number of nitrogens with one attached hydrogen (secondary N) is 1. The molecule has 1 atom stereocenters. The maximum Gasteiger partial charge on any atom is 0.346 e. The van der Waals surface area contributed by atoms with Crippen molar-refractivity contribution in [2.45, 2.75) is 13.0 Å². The quantitative estimate of drug-likeness (QED) is 0.625. The van der Waals surface area contributed by atoms with E-state index >= 15 is 0 Å². The van der Waals surface area contributed by atoms with Gasteiger partial charge in [-0.1, -0.05) is 0 Å². The molecule has 10 heteroatoms. The predicted octanol–water partition coefficient (Wildman–Crippen LogP) is 3.15. The number of benzene rings is 1. The molecule has 0 saturated heterocycles. The number of hydrogen-bond acceptors (Lipinski definition) is 6. The molecular formula is C16H17Br2N3O5. The molecule has 0 spiro atoms. The van der Waals surface area contributed by atoms with Gasteiger partial charge in [0.1, 0.15) is 5.75 Å². The number of carbonyl (C=O) groups excluding carboxylic acids is 2. The highest BCUT2D eigenvalue weighted by molar-refractivity contribution is 9.11. The number of methoxy groups -OCH3 is 2. The third-order valence-corrected chi connectivity index (χ3v) is 4.62. The number of anilines is 1. The van der Waals surface area contributed by atoms with Crippen molar-refractivity contribution in [3.05, 3.63) is 32.8 Å². The van der Waals surface area contributed by atoms with E-state index in [4.69, 9.17) is 9.47 Å². The lowest BCUT2D eigenvalue weighted by molar-refractivity contribution is -0.147. The van der Waals surface area contributed by atoms with E-state index in [0.717, 1.165) is 0 Å². The van der Waals surface area contributed by atoms with Crippen molar-refractivity contribution in [3.63, 3.8) is 0 Å². The first kappa shape index (κ1) is 20.2. The van der Waals surface area contributed by atoms with Gasteiger partial charge in [-0.2, -0.15) is 5.10 Å². The molecule has 140 valence electrons. The second-order valence-electron chi connectivity index (χ2n) is 5.19. The van der Waals surface area contributed by atoms with Crippen molar-refractivity contribution < 1.29 is 23.8 Å². The van der Waals surface area contributed by atoms with Crippen LogP contribution < -0.4 is 14.8 Å². The minimum atomic E-state index is -0.843. The van der Waals surface area contributed by atoms with Gasteiger partial charge in [0.15, 0.2) is 17.7 Å². The van der Waals surface area contributed by atoms with Gasteiger partial charge in [0.25, 0.3) is 5.91 Å². The van der Waals surface area contributed by atoms with Crippen LogP contribution in [0.1, 0.15) is 17.3 Å². The van der Waals surface area contributed by atoms with E-state index in [2.05, 4.69) is 47.0 Å². The summed E-state index contributed by atoms with van der Waals surface area (Å²) in [7, 11) is 4.45. The van der Waals surface area contributed by atoms with Crippen LogP contribution in [0.2, 0.25) is 0 Å². The van der Waals surface area contributed by atoms with E-state index in [1.165, 1.54) is 25.1 Å². The van der Waals surface area contributed by atoms with Crippen LogP contribution >= 0.6 is 31.9 Å². The number of ether oxygens (including phenoxy) is 3. The Morgan fingerprint density at radius 1 is 1.23 bits per heavy atom. The second kappa shape index (κ2) is 8.54. The van der Waals surface area contributed by atoms with Crippen LogP contribution in [-0.2, 0) is 16.6 Å². The third-order valence-electron chi connectivity index (χ3n) is 3.44. The summed E-state index contributed by atoms with van der Waals surface area (Å²) in [6, 6.07) is 3.26. The zero-order valence-electron chi connectivity index (χ0n) is 14.5. The van der Waals surface area contributed by atoms with Crippen molar-refractivity contribution in [1.29, 1.82) is 0 Å². The van der Waals surface area contributed by atoms with E-state index in [-0.39, 0.29) is 11.7 Å². The maximum atomic E-state index is 12.6. The fraction of sp³-hybridized carbons (Fsp3) is 0.312. The number of halogens is 2. The van der Waals surface area contributed by atoms with Gasteiger partial charge in [-0.3, -0.25) is 4.79 Å². The SMILES string of the molecule is COC(=O)[C@@H](C)Oc1cnn(C)c1NC(=O)c1cc(Br)c(OC)c(Br)c1. The first-order chi connectivity index (χ1) is 12.3. The lowest BCUT2D eigenvalue weighted by Gasteiger charge is -2.14. The van der Waals surface area contributed by atoms with Crippen LogP contribution in [0.3, 0.4) is 0 Å². The minimum Gasteiger partial charge on any atom is -0.494 e. The molecule has 0 aliphatic rings. The van der Waals surface area contributed by atoms with Gasteiger partial charge in [-0.25, -0.2) is 9.48 Å². The first-order valence-electron chi connectivity index (χ1n) is 7.39. The van der Waals surface area contributed by atoms with E-state index in [0.29, 0.717) is 26.1 Å². The number of amides is 1. The monoisotopic (exact) mass is 489 g/mol. The molecule has 1 amide bonds. The summed E-state index contributed by atoms with van der Waals surface area (Å²) in [5.41, 5.74) is 0.387. The summed E-state index contributed by atoms with van der Waals surface area (Å²) in [6.07, 6.45) is 0.568. The zero-order chi connectivity index (χ0) is 19.4. The highest BCUT2D eigenvalue weighted by Gasteiger charge is 2.21. The molecule has 0 radical (unpaired) electrons. The smallest absolute Gasteiger partial charge is 0.346 e. The molecule has 1 aromatic heterocycles. The van der Waals surface area contributed by atoms with E-state index in [1.807, 2.05) is 0 Å². The number of nitrogens with zero attached hydrogens (tertiary/aromatic N) is 2. The normalized spacial score (nSPS) is 11.6. The van der Waals surface area contributed by atoms with Crippen LogP contribution in [0.15, 0.2) is 27.3 Å². The summed E-state index contributed by atoms with van der Waals surface area (Å²) < 4.78 is 18.1. The average Bonchev–Trinajstić information content (AvgIpc) is 2.93. The maximum absolute atomic E-state index is 12.6. The van der Waals surface area contributed by atoms with Crippen molar-refractivity contribution in [2.75, 3.05) is 19.5 Å². The molecule has 1 N–H and O–H groups in total. The zero-order valence-corrected chi connectivity index (χ0v) is 17.7. The number of hydrogen-bond donors (Lipinski definition) is 1. The van der Waals surface area contributed by atoms with Gasteiger partial charge in [0, 0.05) is 12.6 Å². The van der Waals surface area contributed by atoms with Crippen LogP contribution in [0.25, 0.3) is 0 Å². The van der Waals surface area contributed by atoms with Crippen molar-refractivity contribution >= 4 is 49.6 Å². The predicted molar refractivity (Wildman–Crippen MR) is 102 cm³/mol. The Morgan fingerprint density at radius 3 is 2.38 bits per heavy atom. The van der Waals surface area contributed by atoms with Crippen molar-refractivity contribution in [2.24, 2.45) is 7.05 Å². The third kappa shape index (κ3) is 4.36. The number of aryl methyl sites for hydroxylation is 1. The van der Waals surface area contributed by atoms with Crippen LogP contribution in [-0.4, -0.2) is 42.0 Å². The summed E-state index contributed by atoms with van der Waals surface area (Å²) in [4.78, 5) is 24.1. The lowest BCUT2D eigenvalue weighted by Crippen LogP contribution is -2.25. The van der Waals surface area contributed by atoms with Gasteiger partial charge in [-0.15, -0.1) is 0 Å². The second-order valence-corrected chi connectivity index (χ2v) is 6.90. The number of aromatic nitrogens is 2. The molecule has 2 aromatic rings. The molecule has 0 aliphatic heterocycles. The molecule has 0 unspecified atom stereocenters. The molecule has 1 heterocycles. The number of carbonyl (C=O) groups is 2. The molecule has 1 aromatic carbocycles. The minimum absolute atomic E-state index is 0.255. The fourth-order valence-corrected chi connectivity index (χ4v) is 3.63. The Bertz CT molecular complexity index is 814. The van der Waals surface area contributed by atoms with E-state index in [1.54, 1.807) is 26.1 Å². The van der Waals surface area contributed by atoms with Gasteiger partial charge in [-0.05, 0) is 50.9 Å². The average molecular weight is 491 g/mol. The Morgan fingerprint density at radius 2 is 1.85 bits per heavy atom. The highest BCUT2D eigenvalue weighted by Crippen LogP contribution is 2.35. The highest BCUT2D eigenvalue weighted by atomic mass is 79.9. The Kier molecular flexibility index (Phi) is 6.65. The first-order valence-corrected chi connectivity index (χ1v) is 8.98. The van der Waals surface area contributed by atoms with Crippen LogP contribution in [0.5, 0.6) is 11.5 Å². The molecule has 0 aliphatic carbocycles. The fourth-order valence-electron chi connectivity index (χ4n) is 2.12. The Balaban J connectivity index is 2.25. The van der Waals surface area contributed by atoms with Crippen molar-refractivity contribution in [1.82, 2.24) is 9.78 Å². The summed E-state index contributed by atoms with van der Waals surface area (Å²) >= 11 is 6.72. The molecule has 0 saturated carbocycles. The topological polar surface area (TPSA) is 91.7 Å². The van der Waals surface area contributed by atoms with Gasteiger partial charge < -0.3 is 19.5 Å². The molecular weight excluding hydrogens is 474 g/mol. The van der Waals surface area contributed by atoms with Gasteiger partial charge in [0.2, 0.25) is 0 Å². The van der Waals surface area contributed by atoms with E-state index < -0.39 is 12.1 Å². The number of rotatable bonds is 6. The standard InChI is InChI=1S/C16H17Br2N3O5/c1-8(16(23)25-4)26-12-7-19-21(2)14(12)20-15(22)9-5-10(17)13(24-3)11(18)6-9/h5-8H,1-4H3,(H,20,22)/t8-/m1/s1. The Labute approximate surface area is 167 Å². The van der Waals surface area contributed by atoms with Crippen LogP contribution in [0, 0.1) is 0 Å². The summed E-state index contributed by atoms with van der Waals surface area (Å²) in [5.74, 6) is 0.236. The molecule has 2 rings (SSSR count). The van der Waals surface area contributed by atoms with E-state index in [9.17, 15) is 9.59 Å². The largest absolute Gasteiger partial charge is 0.494 e. The summed E-state index contributed by atoms with van der Waals surface area (Å²) in [6.45, 7) is 1.54. The molecule has 0 fully saturated rings.